The van der Waals surface area contributed by atoms with Gasteiger partial charge in [0.1, 0.15) is 5.69 Å². The lowest BCUT2D eigenvalue weighted by Crippen LogP contribution is -1.91. The fourth-order valence-electron chi connectivity index (χ4n) is 1.59. The molecule has 77 valence electrons. The minimum atomic E-state index is 0.700. The maximum Gasteiger partial charge on any atom is 0.160 e. The molecule has 0 fully saturated rings. The quantitative estimate of drug-likeness (QED) is 0.614. The molecule has 0 atom stereocenters. The number of rotatable bonds is 1. The Hall–Kier alpha value is -2.23. The van der Waals surface area contributed by atoms with Gasteiger partial charge in [0, 0.05) is 24.8 Å². The SMILES string of the molecule is Cn1ccc(-c2ccc3[c]ccnc3n2)n1. The Morgan fingerprint density at radius 3 is 2.94 bits per heavy atom. The van der Waals surface area contributed by atoms with Gasteiger partial charge in [-0.3, -0.25) is 4.68 Å². The second-order valence-electron chi connectivity index (χ2n) is 3.53. The van der Waals surface area contributed by atoms with Crippen LogP contribution in [0.25, 0.3) is 22.4 Å². The molecule has 1 radical (unpaired) electrons. The van der Waals surface area contributed by atoms with Gasteiger partial charge in [-0.2, -0.15) is 5.10 Å². The third-order valence-electron chi connectivity index (χ3n) is 2.36. The topological polar surface area (TPSA) is 43.6 Å². The van der Waals surface area contributed by atoms with Gasteiger partial charge < -0.3 is 0 Å². The molecule has 3 aromatic rings. The van der Waals surface area contributed by atoms with Crippen LogP contribution in [0.2, 0.25) is 0 Å². The van der Waals surface area contributed by atoms with E-state index in [9.17, 15) is 0 Å². The molecule has 0 N–H and O–H groups in total. The van der Waals surface area contributed by atoms with Crippen LogP contribution in [0.3, 0.4) is 0 Å². The van der Waals surface area contributed by atoms with Gasteiger partial charge in [0.15, 0.2) is 5.65 Å². The maximum absolute atomic E-state index is 4.44. The largest absolute Gasteiger partial charge is 0.275 e. The van der Waals surface area contributed by atoms with Gasteiger partial charge in [-0.15, -0.1) is 0 Å². The zero-order valence-corrected chi connectivity index (χ0v) is 8.75. The number of aryl methyl sites for hydroxylation is 1. The van der Waals surface area contributed by atoms with Crippen molar-refractivity contribution in [2.45, 2.75) is 0 Å². The normalized spacial score (nSPS) is 10.8. The van der Waals surface area contributed by atoms with Crippen LogP contribution in [0.15, 0.2) is 36.7 Å². The van der Waals surface area contributed by atoms with E-state index in [1.54, 1.807) is 16.9 Å². The van der Waals surface area contributed by atoms with Gasteiger partial charge >= 0.3 is 0 Å². The van der Waals surface area contributed by atoms with Crippen molar-refractivity contribution in [3.63, 3.8) is 0 Å². The summed E-state index contributed by atoms with van der Waals surface area (Å²) in [4.78, 5) is 8.64. The first kappa shape index (κ1) is 9.03. The van der Waals surface area contributed by atoms with Gasteiger partial charge in [0.25, 0.3) is 0 Å². The Morgan fingerprint density at radius 1 is 1.19 bits per heavy atom. The second kappa shape index (κ2) is 3.41. The van der Waals surface area contributed by atoms with Crippen LogP contribution in [-0.4, -0.2) is 19.7 Å². The zero-order chi connectivity index (χ0) is 11.0. The molecule has 0 amide bonds. The van der Waals surface area contributed by atoms with Crippen molar-refractivity contribution in [3.8, 4) is 11.4 Å². The smallest absolute Gasteiger partial charge is 0.160 e. The minimum Gasteiger partial charge on any atom is -0.275 e. The number of aromatic nitrogens is 4. The summed E-state index contributed by atoms with van der Waals surface area (Å²) >= 11 is 0. The second-order valence-corrected chi connectivity index (χ2v) is 3.53. The highest BCUT2D eigenvalue weighted by atomic mass is 15.2. The number of fused-ring (bicyclic) bond motifs is 1. The van der Waals surface area contributed by atoms with Crippen molar-refractivity contribution in [3.05, 3.63) is 42.7 Å². The molecule has 3 rings (SSSR count). The van der Waals surface area contributed by atoms with Crippen LogP contribution in [0.5, 0.6) is 0 Å². The van der Waals surface area contributed by atoms with Crippen molar-refractivity contribution in [2.75, 3.05) is 0 Å². The molecule has 0 bridgehead atoms. The van der Waals surface area contributed by atoms with E-state index in [-0.39, 0.29) is 0 Å². The van der Waals surface area contributed by atoms with E-state index < -0.39 is 0 Å². The number of hydrogen-bond donors (Lipinski definition) is 0. The fraction of sp³-hybridized carbons (Fsp3) is 0.0833. The average molecular weight is 209 g/mol. The van der Waals surface area contributed by atoms with E-state index >= 15 is 0 Å². The van der Waals surface area contributed by atoms with Crippen LogP contribution in [0.4, 0.5) is 0 Å². The van der Waals surface area contributed by atoms with Crippen molar-refractivity contribution in [1.29, 1.82) is 0 Å². The van der Waals surface area contributed by atoms with Gasteiger partial charge in [-0.05, 0) is 30.3 Å². The van der Waals surface area contributed by atoms with Crippen molar-refractivity contribution >= 4 is 11.0 Å². The number of pyridine rings is 2. The summed E-state index contributed by atoms with van der Waals surface area (Å²) in [7, 11) is 1.89. The summed E-state index contributed by atoms with van der Waals surface area (Å²) in [5.74, 6) is 0. The van der Waals surface area contributed by atoms with E-state index in [0.29, 0.717) is 5.65 Å². The predicted octanol–water partition coefficient (Wildman–Crippen LogP) is 1.83. The van der Waals surface area contributed by atoms with Crippen molar-refractivity contribution < 1.29 is 0 Å². The van der Waals surface area contributed by atoms with Gasteiger partial charge in [-0.25, -0.2) is 9.97 Å². The van der Waals surface area contributed by atoms with Crippen LogP contribution in [0.1, 0.15) is 0 Å². The molecule has 0 aliphatic heterocycles. The van der Waals surface area contributed by atoms with E-state index in [2.05, 4.69) is 21.1 Å². The Bertz CT molecular complexity index is 642. The Kier molecular flexibility index (Phi) is 1.93. The summed E-state index contributed by atoms with van der Waals surface area (Å²) in [6.45, 7) is 0. The van der Waals surface area contributed by atoms with Gasteiger partial charge in [-0.1, -0.05) is 0 Å². The first-order chi connectivity index (χ1) is 7.83. The lowest BCUT2D eigenvalue weighted by atomic mass is 10.2. The predicted molar refractivity (Wildman–Crippen MR) is 60.6 cm³/mol. The molecule has 16 heavy (non-hydrogen) atoms. The molecule has 0 saturated carbocycles. The fourth-order valence-corrected chi connectivity index (χ4v) is 1.59. The van der Waals surface area contributed by atoms with Crippen molar-refractivity contribution in [1.82, 2.24) is 19.7 Å². The van der Waals surface area contributed by atoms with E-state index in [4.69, 9.17) is 0 Å². The summed E-state index contributed by atoms with van der Waals surface area (Å²) < 4.78 is 1.76. The van der Waals surface area contributed by atoms with Crippen LogP contribution < -0.4 is 0 Å². The number of nitrogens with zero attached hydrogens (tertiary/aromatic N) is 4. The first-order valence-corrected chi connectivity index (χ1v) is 4.96. The van der Waals surface area contributed by atoms with Crippen LogP contribution in [0, 0.1) is 6.07 Å². The molecule has 0 unspecified atom stereocenters. The molecule has 4 heteroatoms. The highest BCUT2D eigenvalue weighted by Crippen LogP contribution is 2.17. The average Bonchev–Trinajstić information content (AvgIpc) is 2.75. The zero-order valence-electron chi connectivity index (χ0n) is 8.75. The summed E-state index contributed by atoms with van der Waals surface area (Å²) in [6, 6.07) is 10.7. The Balaban J connectivity index is 2.18. The molecule has 4 nitrogen and oxygen atoms in total. The minimum absolute atomic E-state index is 0.700. The third-order valence-corrected chi connectivity index (χ3v) is 2.36. The molecule has 3 heterocycles. The van der Waals surface area contributed by atoms with Crippen LogP contribution in [-0.2, 0) is 7.05 Å². The molecular formula is C12H9N4. The monoisotopic (exact) mass is 209 g/mol. The van der Waals surface area contributed by atoms with E-state index in [1.165, 1.54) is 0 Å². The number of hydrogen-bond acceptors (Lipinski definition) is 3. The third kappa shape index (κ3) is 1.44. The summed E-state index contributed by atoms with van der Waals surface area (Å²) in [5, 5.41) is 5.22. The molecule has 0 spiro atoms. The van der Waals surface area contributed by atoms with E-state index in [1.807, 2.05) is 31.4 Å². The lowest BCUT2D eigenvalue weighted by Gasteiger charge is -1.98. The standard InChI is InChI=1S/C12H9N4/c1-16-8-6-11(15-16)10-5-4-9-3-2-7-13-12(9)14-10/h2,4-8H,1H3. The Morgan fingerprint density at radius 2 is 2.12 bits per heavy atom. The molecule has 0 saturated heterocycles. The molecule has 0 aromatic carbocycles. The van der Waals surface area contributed by atoms with Crippen molar-refractivity contribution in [2.24, 2.45) is 7.05 Å². The van der Waals surface area contributed by atoms with E-state index in [0.717, 1.165) is 16.8 Å². The lowest BCUT2D eigenvalue weighted by molar-refractivity contribution is 0.770. The first-order valence-electron chi connectivity index (χ1n) is 4.96. The highest BCUT2D eigenvalue weighted by Gasteiger charge is 2.04. The summed E-state index contributed by atoms with van der Waals surface area (Å²) in [5.41, 5.74) is 2.39. The van der Waals surface area contributed by atoms with Gasteiger partial charge in [0.2, 0.25) is 0 Å². The molecule has 3 aromatic heterocycles. The Labute approximate surface area is 92.6 Å². The molecular weight excluding hydrogens is 200 g/mol. The van der Waals surface area contributed by atoms with Crippen LogP contribution >= 0.6 is 0 Å². The molecule has 0 aliphatic carbocycles. The van der Waals surface area contributed by atoms with Gasteiger partial charge in [0.05, 0.1) is 5.69 Å². The highest BCUT2D eigenvalue weighted by molar-refractivity contribution is 5.76. The molecule has 0 aliphatic rings. The maximum atomic E-state index is 4.44. The summed E-state index contributed by atoms with van der Waals surface area (Å²) in [6.07, 6.45) is 3.59.